The Hall–Kier alpha value is -1.74. The van der Waals surface area contributed by atoms with Crippen molar-refractivity contribution in [1.82, 2.24) is 0 Å². The van der Waals surface area contributed by atoms with Crippen LogP contribution in [0.2, 0.25) is 0 Å². The van der Waals surface area contributed by atoms with Crippen LogP contribution in [0.25, 0.3) is 0 Å². The SMILES string of the molecule is COc1ccc(SCC(=O)c2ccc(C)cc2)cc1. The van der Waals surface area contributed by atoms with E-state index >= 15 is 0 Å². The van der Waals surface area contributed by atoms with Crippen LogP contribution >= 0.6 is 11.8 Å². The van der Waals surface area contributed by atoms with Crippen LogP contribution in [0, 0.1) is 6.92 Å². The summed E-state index contributed by atoms with van der Waals surface area (Å²) in [5.74, 6) is 1.44. The third-order valence-electron chi connectivity index (χ3n) is 2.80. The zero-order valence-electron chi connectivity index (χ0n) is 11.1. The van der Waals surface area contributed by atoms with Crippen molar-refractivity contribution >= 4 is 17.5 Å². The van der Waals surface area contributed by atoms with Gasteiger partial charge in [0.25, 0.3) is 0 Å². The maximum absolute atomic E-state index is 12.0. The van der Waals surface area contributed by atoms with E-state index in [9.17, 15) is 4.79 Å². The van der Waals surface area contributed by atoms with Crippen molar-refractivity contribution in [1.29, 1.82) is 0 Å². The zero-order valence-corrected chi connectivity index (χ0v) is 11.9. The molecule has 2 aromatic rings. The first kappa shape index (κ1) is 13.7. The molecule has 2 rings (SSSR count). The molecule has 2 nitrogen and oxygen atoms in total. The summed E-state index contributed by atoms with van der Waals surface area (Å²) in [4.78, 5) is 13.1. The number of methoxy groups -OCH3 is 1. The van der Waals surface area contributed by atoms with Gasteiger partial charge in [-0.25, -0.2) is 0 Å². The van der Waals surface area contributed by atoms with Crippen LogP contribution in [0.4, 0.5) is 0 Å². The Morgan fingerprint density at radius 3 is 2.26 bits per heavy atom. The first-order valence-electron chi connectivity index (χ1n) is 6.06. The number of hydrogen-bond acceptors (Lipinski definition) is 3. The molecule has 0 bridgehead atoms. The molecule has 0 radical (unpaired) electrons. The van der Waals surface area contributed by atoms with Gasteiger partial charge in [0, 0.05) is 10.5 Å². The lowest BCUT2D eigenvalue weighted by Crippen LogP contribution is -2.01. The molecular formula is C16H16O2S. The topological polar surface area (TPSA) is 26.3 Å². The smallest absolute Gasteiger partial charge is 0.173 e. The number of ketones is 1. The van der Waals surface area contributed by atoms with Gasteiger partial charge in [0.15, 0.2) is 5.78 Å². The average Bonchev–Trinajstić information content (AvgIpc) is 2.46. The molecule has 0 unspecified atom stereocenters. The molecule has 0 fully saturated rings. The van der Waals surface area contributed by atoms with Crippen molar-refractivity contribution in [3.63, 3.8) is 0 Å². The Kier molecular flexibility index (Phi) is 4.63. The normalized spacial score (nSPS) is 10.2. The minimum absolute atomic E-state index is 0.154. The summed E-state index contributed by atoms with van der Waals surface area (Å²) in [5, 5.41) is 0. The predicted molar refractivity (Wildman–Crippen MR) is 79.2 cm³/mol. The van der Waals surface area contributed by atoms with Crippen molar-refractivity contribution < 1.29 is 9.53 Å². The van der Waals surface area contributed by atoms with E-state index in [4.69, 9.17) is 4.74 Å². The van der Waals surface area contributed by atoms with Gasteiger partial charge in [-0.05, 0) is 31.2 Å². The van der Waals surface area contributed by atoms with E-state index < -0.39 is 0 Å². The van der Waals surface area contributed by atoms with E-state index in [1.54, 1.807) is 18.9 Å². The summed E-state index contributed by atoms with van der Waals surface area (Å²) in [5.41, 5.74) is 1.94. The van der Waals surface area contributed by atoms with Crippen molar-refractivity contribution in [2.24, 2.45) is 0 Å². The molecule has 0 saturated carbocycles. The fourth-order valence-corrected chi connectivity index (χ4v) is 2.44. The van der Waals surface area contributed by atoms with Gasteiger partial charge in [-0.3, -0.25) is 4.79 Å². The third-order valence-corrected chi connectivity index (χ3v) is 3.81. The van der Waals surface area contributed by atoms with Crippen LogP contribution in [-0.4, -0.2) is 18.6 Å². The molecule has 0 atom stereocenters. The quantitative estimate of drug-likeness (QED) is 0.608. The van der Waals surface area contributed by atoms with Gasteiger partial charge in [-0.2, -0.15) is 0 Å². The second-order valence-electron chi connectivity index (χ2n) is 4.25. The number of aryl methyl sites for hydroxylation is 1. The molecular weight excluding hydrogens is 256 g/mol. The monoisotopic (exact) mass is 272 g/mol. The number of hydrogen-bond donors (Lipinski definition) is 0. The van der Waals surface area contributed by atoms with Crippen LogP contribution in [0.3, 0.4) is 0 Å². The fraction of sp³-hybridized carbons (Fsp3) is 0.188. The van der Waals surface area contributed by atoms with E-state index in [0.717, 1.165) is 16.2 Å². The maximum Gasteiger partial charge on any atom is 0.173 e. The zero-order chi connectivity index (χ0) is 13.7. The summed E-state index contributed by atoms with van der Waals surface area (Å²) >= 11 is 1.54. The second kappa shape index (κ2) is 6.43. The van der Waals surface area contributed by atoms with Crippen LogP contribution in [-0.2, 0) is 0 Å². The van der Waals surface area contributed by atoms with Crippen LogP contribution in [0.1, 0.15) is 15.9 Å². The lowest BCUT2D eigenvalue weighted by atomic mass is 10.1. The molecule has 0 aliphatic heterocycles. The largest absolute Gasteiger partial charge is 0.497 e. The fourth-order valence-electron chi connectivity index (χ4n) is 1.64. The first-order chi connectivity index (χ1) is 9.19. The molecule has 3 heteroatoms. The highest BCUT2D eigenvalue weighted by atomic mass is 32.2. The van der Waals surface area contributed by atoms with Crippen LogP contribution < -0.4 is 4.74 Å². The minimum Gasteiger partial charge on any atom is -0.497 e. The molecule has 2 aromatic carbocycles. The average molecular weight is 272 g/mol. The van der Waals surface area contributed by atoms with E-state index in [2.05, 4.69) is 0 Å². The number of thioether (sulfide) groups is 1. The van der Waals surface area contributed by atoms with Gasteiger partial charge in [-0.1, -0.05) is 29.8 Å². The molecule has 19 heavy (non-hydrogen) atoms. The van der Waals surface area contributed by atoms with Gasteiger partial charge in [0.2, 0.25) is 0 Å². The molecule has 0 N–H and O–H groups in total. The lowest BCUT2D eigenvalue weighted by molar-refractivity contribution is 0.102. The molecule has 0 spiro atoms. The summed E-state index contributed by atoms with van der Waals surface area (Å²) < 4.78 is 5.10. The highest BCUT2D eigenvalue weighted by Crippen LogP contribution is 2.22. The predicted octanol–water partition coefficient (Wildman–Crippen LogP) is 3.98. The van der Waals surface area contributed by atoms with Crippen molar-refractivity contribution in [2.45, 2.75) is 11.8 Å². The highest BCUT2D eigenvalue weighted by Gasteiger charge is 2.06. The highest BCUT2D eigenvalue weighted by molar-refractivity contribution is 8.00. The van der Waals surface area contributed by atoms with E-state index in [-0.39, 0.29) is 5.78 Å². The lowest BCUT2D eigenvalue weighted by Gasteiger charge is -2.04. The maximum atomic E-state index is 12.0. The number of carbonyl (C=O) groups is 1. The molecule has 98 valence electrons. The van der Waals surface area contributed by atoms with Gasteiger partial charge >= 0.3 is 0 Å². The summed E-state index contributed by atoms with van der Waals surface area (Å²) in [6.07, 6.45) is 0. The van der Waals surface area contributed by atoms with Crippen molar-refractivity contribution in [3.8, 4) is 5.75 Å². The molecule has 0 amide bonds. The number of carbonyl (C=O) groups excluding carboxylic acids is 1. The number of rotatable bonds is 5. The minimum atomic E-state index is 0.154. The Morgan fingerprint density at radius 2 is 1.68 bits per heavy atom. The van der Waals surface area contributed by atoms with Crippen molar-refractivity contribution in [3.05, 3.63) is 59.7 Å². The summed E-state index contributed by atoms with van der Waals surface area (Å²) in [6.45, 7) is 2.01. The third kappa shape index (κ3) is 3.86. The Labute approximate surface area is 117 Å². The first-order valence-corrected chi connectivity index (χ1v) is 7.04. The van der Waals surface area contributed by atoms with Crippen LogP contribution in [0.15, 0.2) is 53.4 Å². The standard InChI is InChI=1S/C16H16O2S/c1-12-3-5-13(6-4-12)16(17)11-19-15-9-7-14(18-2)8-10-15/h3-10H,11H2,1-2H3. The number of benzene rings is 2. The number of ether oxygens (including phenoxy) is 1. The van der Waals surface area contributed by atoms with E-state index in [1.807, 2.05) is 55.5 Å². The van der Waals surface area contributed by atoms with Gasteiger partial charge in [-0.15, -0.1) is 11.8 Å². The van der Waals surface area contributed by atoms with Gasteiger partial charge in [0.1, 0.15) is 5.75 Å². The summed E-state index contributed by atoms with van der Waals surface area (Å²) in [6, 6.07) is 15.4. The van der Waals surface area contributed by atoms with E-state index in [0.29, 0.717) is 5.75 Å². The number of Topliss-reactive ketones (excluding diaryl/α,β-unsaturated/α-hetero) is 1. The van der Waals surface area contributed by atoms with Gasteiger partial charge in [0.05, 0.1) is 12.9 Å². The summed E-state index contributed by atoms with van der Waals surface area (Å²) in [7, 11) is 1.64. The Balaban J connectivity index is 1.94. The molecule has 0 aromatic heterocycles. The second-order valence-corrected chi connectivity index (χ2v) is 5.30. The van der Waals surface area contributed by atoms with E-state index in [1.165, 1.54) is 5.56 Å². The molecule has 0 heterocycles. The Morgan fingerprint density at radius 1 is 1.05 bits per heavy atom. The van der Waals surface area contributed by atoms with Crippen LogP contribution in [0.5, 0.6) is 5.75 Å². The molecule has 0 aliphatic rings. The molecule has 0 aliphatic carbocycles. The molecule has 0 saturated heterocycles. The van der Waals surface area contributed by atoms with Crippen molar-refractivity contribution in [2.75, 3.05) is 12.9 Å². The Bertz CT molecular complexity index is 544. The van der Waals surface area contributed by atoms with Gasteiger partial charge < -0.3 is 4.74 Å².